The number of aliphatic hydroxyl groups is 1. The highest BCUT2D eigenvalue weighted by molar-refractivity contribution is 6.10. The Kier molecular flexibility index (Phi) is 18.5. The van der Waals surface area contributed by atoms with Gasteiger partial charge in [-0.15, -0.1) is 0 Å². The van der Waals surface area contributed by atoms with Gasteiger partial charge in [0.15, 0.2) is 11.6 Å². The second kappa shape index (κ2) is 22.5. The fraction of sp³-hybridized carbons (Fsp3) is 0.619. The van der Waals surface area contributed by atoms with Gasteiger partial charge in [-0.1, -0.05) is 78.3 Å². The number of benzene rings is 1. The second-order valence-corrected chi connectivity index (χ2v) is 16.2. The molecule has 0 aliphatic carbocycles. The summed E-state index contributed by atoms with van der Waals surface area (Å²) in [7, 11) is 0. The zero-order chi connectivity index (χ0) is 42.4. The van der Waals surface area contributed by atoms with Crippen LogP contribution in [0.4, 0.5) is 0 Å². The van der Waals surface area contributed by atoms with Crippen LogP contribution in [0, 0.1) is 23.7 Å². The summed E-state index contributed by atoms with van der Waals surface area (Å²) in [6.45, 7) is 11.5. The number of hydrogen-bond donors (Lipinski definition) is 8. The van der Waals surface area contributed by atoms with E-state index in [1.165, 1.54) is 6.08 Å². The highest BCUT2D eigenvalue weighted by Crippen LogP contribution is 2.29. The molecule has 2 aliphatic rings. The molecule has 3 amide bonds. The van der Waals surface area contributed by atoms with Gasteiger partial charge < -0.3 is 47.7 Å². The number of Topliss-reactive ketones (excluding diaryl/α,β-unsaturated/α-hetero) is 2. The highest BCUT2D eigenvalue weighted by atomic mass is 16.5. The van der Waals surface area contributed by atoms with E-state index < -0.39 is 83.9 Å². The maximum Gasteiger partial charge on any atom is 0.326 e. The number of aliphatic hydroxyl groups excluding tert-OH is 1. The third-order valence-corrected chi connectivity index (χ3v) is 10.8. The molecule has 0 radical (unpaired) electrons. The summed E-state index contributed by atoms with van der Waals surface area (Å²) in [4.78, 5) is 80.7. The lowest BCUT2D eigenvalue weighted by molar-refractivity contribution is -0.143. The first-order valence-corrected chi connectivity index (χ1v) is 20.1. The van der Waals surface area contributed by atoms with Crippen LogP contribution in [0.5, 0.6) is 0 Å². The highest BCUT2D eigenvalue weighted by Gasteiger charge is 2.36. The molecule has 8 atom stereocenters. The number of ether oxygens (including phenoxy) is 1. The van der Waals surface area contributed by atoms with Gasteiger partial charge in [-0.3, -0.25) is 24.0 Å². The maximum atomic E-state index is 14.3. The van der Waals surface area contributed by atoms with Crippen molar-refractivity contribution >= 4 is 35.3 Å². The van der Waals surface area contributed by atoms with Gasteiger partial charge in [0.2, 0.25) is 17.7 Å². The van der Waals surface area contributed by atoms with Crippen molar-refractivity contribution in [3.63, 3.8) is 0 Å². The van der Waals surface area contributed by atoms with Crippen molar-refractivity contribution < 1.29 is 43.7 Å². The van der Waals surface area contributed by atoms with Crippen LogP contribution >= 0.6 is 0 Å². The molecule has 0 saturated carbocycles. The number of aliphatic carboxylic acids is 1. The van der Waals surface area contributed by atoms with Crippen molar-refractivity contribution in [1.29, 1.82) is 0 Å². The van der Waals surface area contributed by atoms with E-state index >= 15 is 0 Å². The number of carboxylic acid groups (broad SMARTS) is 1. The Bertz CT molecular complexity index is 1620. The van der Waals surface area contributed by atoms with Crippen LogP contribution < -0.4 is 32.7 Å². The van der Waals surface area contributed by atoms with Crippen molar-refractivity contribution in [1.82, 2.24) is 21.3 Å². The largest absolute Gasteiger partial charge is 0.491 e. The van der Waals surface area contributed by atoms with Crippen molar-refractivity contribution in [3.8, 4) is 0 Å². The number of allylic oxidation sites excluding steroid dienone is 2. The fourth-order valence-corrected chi connectivity index (χ4v) is 6.94. The van der Waals surface area contributed by atoms with E-state index in [1.54, 1.807) is 30.3 Å². The Morgan fingerprint density at radius 2 is 1.63 bits per heavy atom. The van der Waals surface area contributed by atoms with Gasteiger partial charge in [-0.2, -0.15) is 0 Å². The van der Waals surface area contributed by atoms with E-state index in [0.717, 1.165) is 12.0 Å². The summed E-state index contributed by atoms with van der Waals surface area (Å²) in [5, 5.41) is 32.3. The minimum absolute atomic E-state index is 0.0220. The molecule has 10 N–H and O–H groups in total. The zero-order valence-electron chi connectivity index (χ0n) is 34.2. The maximum absolute atomic E-state index is 14.3. The predicted molar refractivity (Wildman–Crippen MR) is 215 cm³/mol. The van der Waals surface area contributed by atoms with Gasteiger partial charge >= 0.3 is 5.97 Å². The molecule has 2 unspecified atom stereocenters. The Balaban J connectivity index is 1.95. The third-order valence-electron chi connectivity index (χ3n) is 10.8. The molecule has 0 spiro atoms. The summed E-state index contributed by atoms with van der Waals surface area (Å²) in [5.74, 6) is -5.18. The number of hydrogen-bond acceptors (Lipinski definition) is 11. The van der Waals surface area contributed by atoms with Crippen LogP contribution in [0.1, 0.15) is 85.6 Å². The van der Waals surface area contributed by atoms with Gasteiger partial charge in [0.05, 0.1) is 24.7 Å². The average molecular weight is 797 g/mol. The van der Waals surface area contributed by atoms with Crippen LogP contribution in [0.2, 0.25) is 0 Å². The summed E-state index contributed by atoms with van der Waals surface area (Å²) >= 11 is 0. The quantitative estimate of drug-likeness (QED) is 0.0788. The molecule has 316 valence electrons. The number of nitrogens with two attached hydrogens (primary N) is 2. The second-order valence-electron chi connectivity index (χ2n) is 16.2. The molecular weight excluding hydrogens is 732 g/mol. The van der Waals surface area contributed by atoms with Gasteiger partial charge in [0.1, 0.15) is 24.4 Å². The number of nitrogens with one attached hydrogen (secondary N) is 4. The van der Waals surface area contributed by atoms with E-state index in [9.17, 15) is 39.0 Å². The van der Waals surface area contributed by atoms with Gasteiger partial charge in [-0.05, 0) is 61.6 Å². The normalized spacial score (nSPS) is 19.4. The predicted octanol–water partition coefficient (Wildman–Crippen LogP) is 1.66. The number of ketones is 2. The molecule has 1 aromatic carbocycles. The molecule has 2 heterocycles. The van der Waals surface area contributed by atoms with E-state index in [0.29, 0.717) is 25.8 Å². The van der Waals surface area contributed by atoms with Crippen molar-refractivity contribution in [2.75, 3.05) is 19.7 Å². The molecular formula is C42H64N6O9. The van der Waals surface area contributed by atoms with Crippen LogP contribution in [-0.4, -0.2) is 101 Å². The minimum Gasteiger partial charge on any atom is -0.491 e. The number of amides is 3. The summed E-state index contributed by atoms with van der Waals surface area (Å²) in [5.41, 5.74) is 12.9. The van der Waals surface area contributed by atoms with Crippen LogP contribution in [0.3, 0.4) is 0 Å². The molecule has 2 aliphatic heterocycles. The average Bonchev–Trinajstić information content (AvgIpc) is 3.73. The molecule has 15 heteroatoms. The third kappa shape index (κ3) is 14.2. The first-order valence-electron chi connectivity index (χ1n) is 20.1. The van der Waals surface area contributed by atoms with E-state index in [4.69, 9.17) is 16.2 Å². The van der Waals surface area contributed by atoms with Gasteiger partial charge in [-0.25, -0.2) is 4.79 Å². The topological polar surface area (TPSA) is 252 Å². The molecule has 3 rings (SSSR count). The lowest BCUT2D eigenvalue weighted by Gasteiger charge is -2.29. The first-order chi connectivity index (χ1) is 26.9. The summed E-state index contributed by atoms with van der Waals surface area (Å²) in [6.07, 6.45) is 2.22. The number of rotatable bonds is 23. The minimum atomic E-state index is -1.74. The number of carbonyl (C=O) groups excluding carboxylic acids is 5. The number of carbonyl (C=O) groups is 6. The van der Waals surface area contributed by atoms with Gasteiger partial charge in [0, 0.05) is 35.9 Å². The van der Waals surface area contributed by atoms with Crippen LogP contribution in [0.25, 0.3) is 0 Å². The van der Waals surface area contributed by atoms with Gasteiger partial charge in [0.25, 0.3) is 0 Å². The molecule has 1 aromatic rings. The SMILES string of the molecule is CC[C@H](C)[C@H](N)C(=O)NCC1=CC(C(=O)C[C@H](NC(=O)[C@H](Cc2ccccc2)NC(=O)C2CCCN2)C(=O)O)=C(C(=O)C(C[C@H](O)[C@@H](N)CC(C)C)C(C)C)CO1. The van der Waals surface area contributed by atoms with Crippen LogP contribution in [-0.2, 0) is 39.9 Å². The molecule has 0 bridgehead atoms. The van der Waals surface area contributed by atoms with Crippen molar-refractivity contribution in [3.05, 3.63) is 58.9 Å². The Labute approximate surface area is 336 Å². The lowest BCUT2D eigenvalue weighted by Crippen LogP contribution is -2.55. The summed E-state index contributed by atoms with van der Waals surface area (Å²) < 4.78 is 5.88. The van der Waals surface area contributed by atoms with E-state index in [2.05, 4.69) is 21.3 Å². The first kappa shape index (κ1) is 46.9. The lowest BCUT2D eigenvalue weighted by atomic mass is 9.79. The Morgan fingerprint density at radius 1 is 0.947 bits per heavy atom. The van der Waals surface area contributed by atoms with E-state index in [-0.39, 0.29) is 60.7 Å². The molecule has 57 heavy (non-hydrogen) atoms. The molecule has 1 saturated heterocycles. The monoisotopic (exact) mass is 796 g/mol. The fourth-order valence-electron chi connectivity index (χ4n) is 6.94. The van der Waals surface area contributed by atoms with Crippen molar-refractivity contribution in [2.45, 2.75) is 123 Å². The summed E-state index contributed by atoms with van der Waals surface area (Å²) in [6, 6.07) is 4.15. The van der Waals surface area contributed by atoms with Crippen LogP contribution in [0.15, 0.2) is 53.3 Å². The number of carboxylic acids is 1. The molecule has 0 aromatic heterocycles. The van der Waals surface area contributed by atoms with Crippen molar-refractivity contribution in [2.24, 2.45) is 35.1 Å². The standard InChI is InChI=1S/C42H64N6O9/c1-7-25(6)37(44)41(54)46-21-27-18-29(30(22-57-27)38(51)28(24(4)5)19-36(50)31(43)16-23(2)3)35(49)20-34(42(55)56)48-40(53)33(17-26-12-9-8-10-13-26)47-39(52)32-14-11-15-45-32/h8-10,12-13,18,23-25,28,31-34,36-37,45,50H,7,11,14-17,19-22,43-44H2,1-6H3,(H,46,54)(H,47,52)(H,48,53)(H,55,56)/t25-,28?,31-,32?,33-,34-,36-,37-/m0/s1. The Morgan fingerprint density at radius 3 is 2.21 bits per heavy atom. The zero-order valence-corrected chi connectivity index (χ0v) is 34.2. The smallest absolute Gasteiger partial charge is 0.326 e. The van der Waals surface area contributed by atoms with E-state index in [1.807, 2.05) is 41.5 Å². The Hall–Kier alpha value is -4.44. The molecule has 15 nitrogen and oxygen atoms in total. The molecule has 1 fully saturated rings.